The van der Waals surface area contributed by atoms with Gasteiger partial charge in [0.25, 0.3) is 0 Å². The zero-order chi connectivity index (χ0) is 13.8. The normalized spacial score (nSPS) is 23.2. The number of piperidine rings is 1. The molecule has 1 heterocycles. The fraction of sp³-hybridized carbons (Fsp3) is 1.00. The number of nitrogens with one attached hydrogen (secondary N) is 1. The average molecular weight is 276 g/mol. The maximum Gasteiger partial charge on any atom is 0.214 e. The van der Waals surface area contributed by atoms with Gasteiger partial charge in [-0.1, -0.05) is 27.7 Å². The van der Waals surface area contributed by atoms with Gasteiger partial charge in [0.1, 0.15) is 0 Å². The Labute approximate surface area is 112 Å². The van der Waals surface area contributed by atoms with Crippen molar-refractivity contribution in [1.29, 1.82) is 0 Å². The van der Waals surface area contributed by atoms with Gasteiger partial charge in [-0.3, -0.25) is 0 Å². The summed E-state index contributed by atoms with van der Waals surface area (Å²) in [6.45, 7) is 10.5. The maximum atomic E-state index is 12.3. The van der Waals surface area contributed by atoms with Crippen molar-refractivity contribution in [3.05, 3.63) is 0 Å². The van der Waals surface area contributed by atoms with E-state index in [1.807, 2.05) is 0 Å². The van der Waals surface area contributed by atoms with Crippen molar-refractivity contribution in [3.8, 4) is 0 Å². The van der Waals surface area contributed by atoms with E-state index in [0.29, 0.717) is 19.1 Å². The summed E-state index contributed by atoms with van der Waals surface area (Å²) in [6.07, 6.45) is 2.77. The zero-order valence-corrected chi connectivity index (χ0v) is 13.0. The van der Waals surface area contributed by atoms with E-state index in [2.05, 4.69) is 33.0 Å². The molecule has 1 rings (SSSR count). The first-order chi connectivity index (χ1) is 8.24. The standard InChI is InChI=1S/C13H28N2O2S/c1-5-14-12-7-6-9-15(11-12)18(16,17)10-8-13(2,3)4/h12,14H,5-11H2,1-4H3. The van der Waals surface area contributed by atoms with Crippen LogP contribution in [0.25, 0.3) is 0 Å². The summed E-state index contributed by atoms with van der Waals surface area (Å²) >= 11 is 0. The fourth-order valence-corrected chi connectivity index (χ4v) is 4.16. The van der Waals surface area contributed by atoms with Crippen LogP contribution in [0, 0.1) is 5.41 Å². The van der Waals surface area contributed by atoms with Crippen LogP contribution in [-0.2, 0) is 10.0 Å². The molecule has 1 unspecified atom stereocenters. The lowest BCUT2D eigenvalue weighted by atomic mass is 9.94. The lowest BCUT2D eigenvalue weighted by molar-refractivity contribution is 0.284. The van der Waals surface area contributed by atoms with E-state index in [1.165, 1.54) is 0 Å². The first-order valence-electron chi connectivity index (χ1n) is 6.96. The Morgan fingerprint density at radius 2 is 2.00 bits per heavy atom. The highest BCUT2D eigenvalue weighted by atomic mass is 32.2. The summed E-state index contributed by atoms with van der Waals surface area (Å²) in [5.74, 6) is 0.273. The van der Waals surface area contributed by atoms with Crippen molar-refractivity contribution < 1.29 is 8.42 Å². The lowest BCUT2D eigenvalue weighted by Gasteiger charge is -2.33. The molecule has 4 nitrogen and oxygen atoms in total. The zero-order valence-electron chi connectivity index (χ0n) is 12.2. The SMILES string of the molecule is CCNC1CCCN(S(=O)(=O)CCC(C)(C)C)C1. The van der Waals surface area contributed by atoms with Crippen LogP contribution in [0.15, 0.2) is 0 Å². The third-order valence-electron chi connectivity index (χ3n) is 3.38. The highest BCUT2D eigenvalue weighted by molar-refractivity contribution is 7.89. The second-order valence-electron chi connectivity index (χ2n) is 6.38. The topological polar surface area (TPSA) is 49.4 Å². The summed E-state index contributed by atoms with van der Waals surface area (Å²) in [5.41, 5.74) is 0.0733. The van der Waals surface area contributed by atoms with Crippen molar-refractivity contribution in [1.82, 2.24) is 9.62 Å². The molecule has 1 aliphatic rings. The minimum atomic E-state index is -3.07. The van der Waals surface area contributed by atoms with Crippen molar-refractivity contribution in [2.45, 2.75) is 53.0 Å². The van der Waals surface area contributed by atoms with E-state index in [-0.39, 0.29) is 11.2 Å². The first kappa shape index (κ1) is 15.9. The van der Waals surface area contributed by atoms with E-state index in [1.54, 1.807) is 4.31 Å². The van der Waals surface area contributed by atoms with Gasteiger partial charge in [-0.15, -0.1) is 0 Å². The van der Waals surface area contributed by atoms with E-state index in [0.717, 1.165) is 25.8 Å². The highest BCUT2D eigenvalue weighted by Crippen LogP contribution is 2.22. The molecule has 0 aromatic heterocycles. The first-order valence-corrected chi connectivity index (χ1v) is 8.57. The maximum absolute atomic E-state index is 12.3. The molecule has 1 saturated heterocycles. The molecule has 0 amide bonds. The van der Waals surface area contributed by atoms with Crippen LogP contribution < -0.4 is 5.32 Å². The smallest absolute Gasteiger partial charge is 0.214 e. The third kappa shape index (κ3) is 5.24. The van der Waals surface area contributed by atoms with Gasteiger partial charge in [0.05, 0.1) is 5.75 Å². The van der Waals surface area contributed by atoms with E-state index in [4.69, 9.17) is 0 Å². The third-order valence-corrected chi connectivity index (χ3v) is 5.22. The molecule has 0 bridgehead atoms. The summed E-state index contributed by atoms with van der Waals surface area (Å²) in [7, 11) is -3.07. The predicted octanol–water partition coefficient (Wildman–Crippen LogP) is 1.83. The number of sulfonamides is 1. The molecule has 0 spiro atoms. The lowest BCUT2D eigenvalue weighted by Crippen LogP contribution is -2.48. The monoisotopic (exact) mass is 276 g/mol. The molecular weight excluding hydrogens is 248 g/mol. The van der Waals surface area contributed by atoms with Gasteiger partial charge in [-0.05, 0) is 31.2 Å². The van der Waals surface area contributed by atoms with Gasteiger partial charge >= 0.3 is 0 Å². The van der Waals surface area contributed by atoms with E-state index in [9.17, 15) is 8.42 Å². The molecule has 1 fully saturated rings. The molecule has 0 aliphatic carbocycles. The minimum absolute atomic E-state index is 0.0733. The largest absolute Gasteiger partial charge is 0.313 e. The van der Waals surface area contributed by atoms with Gasteiger partial charge in [0.2, 0.25) is 10.0 Å². The molecule has 1 aliphatic heterocycles. The van der Waals surface area contributed by atoms with E-state index < -0.39 is 10.0 Å². The molecule has 1 N–H and O–H groups in total. The second kappa shape index (κ2) is 6.35. The van der Waals surface area contributed by atoms with Gasteiger partial charge in [0, 0.05) is 19.1 Å². The van der Waals surface area contributed by atoms with Crippen molar-refractivity contribution in [3.63, 3.8) is 0 Å². The van der Waals surface area contributed by atoms with Gasteiger partial charge < -0.3 is 5.32 Å². The second-order valence-corrected chi connectivity index (χ2v) is 8.47. The minimum Gasteiger partial charge on any atom is -0.313 e. The van der Waals surface area contributed by atoms with E-state index >= 15 is 0 Å². The summed E-state index contributed by atoms with van der Waals surface area (Å²) in [6, 6.07) is 0.327. The van der Waals surface area contributed by atoms with Crippen LogP contribution in [0.2, 0.25) is 0 Å². The van der Waals surface area contributed by atoms with Crippen LogP contribution in [0.3, 0.4) is 0 Å². The Balaban J connectivity index is 2.56. The van der Waals surface area contributed by atoms with Crippen LogP contribution in [-0.4, -0.2) is 44.2 Å². The Bertz CT molecular complexity index is 344. The molecule has 108 valence electrons. The Kier molecular flexibility index (Phi) is 5.62. The average Bonchev–Trinajstić information content (AvgIpc) is 2.27. The quantitative estimate of drug-likeness (QED) is 0.833. The number of hydrogen-bond donors (Lipinski definition) is 1. The molecule has 0 aromatic rings. The Hall–Kier alpha value is -0.130. The van der Waals surface area contributed by atoms with Gasteiger partial charge in [-0.25, -0.2) is 12.7 Å². The van der Waals surface area contributed by atoms with Crippen LogP contribution >= 0.6 is 0 Å². The molecule has 5 heteroatoms. The fourth-order valence-electron chi connectivity index (χ4n) is 2.21. The Morgan fingerprint density at radius 1 is 1.33 bits per heavy atom. The van der Waals surface area contributed by atoms with Gasteiger partial charge in [0.15, 0.2) is 0 Å². The van der Waals surface area contributed by atoms with Crippen LogP contribution in [0.1, 0.15) is 47.0 Å². The van der Waals surface area contributed by atoms with Crippen LogP contribution in [0.4, 0.5) is 0 Å². The number of hydrogen-bond acceptors (Lipinski definition) is 3. The van der Waals surface area contributed by atoms with Crippen molar-refractivity contribution in [2.24, 2.45) is 5.41 Å². The Morgan fingerprint density at radius 3 is 2.56 bits per heavy atom. The number of nitrogens with zero attached hydrogens (tertiary/aromatic N) is 1. The van der Waals surface area contributed by atoms with Crippen molar-refractivity contribution in [2.75, 3.05) is 25.4 Å². The summed E-state index contributed by atoms with van der Waals surface area (Å²) < 4.78 is 26.2. The summed E-state index contributed by atoms with van der Waals surface area (Å²) in [5, 5.41) is 3.35. The molecule has 0 aromatic carbocycles. The molecule has 0 saturated carbocycles. The summed E-state index contributed by atoms with van der Waals surface area (Å²) in [4.78, 5) is 0. The number of rotatable bonds is 5. The van der Waals surface area contributed by atoms with Crippen LogP contribution in [0.5, 0.6) is 0 Å². The molecular formula is C13H28N2O2S. The molecule has 18 heavy (non-hydrogen) atoms. The highest BCUT2D eigenvalue weighted by Gasteiger charge is 2.29. The predicted molar refractivity (Wildman–Crippen MR) is 76.1 cm³/mol. The molecule has 0 radical (unpaired) electrons. The molecule has 1 atom stereocenters. The number of likely N-dealkylation sites (N-methyl/N-ethyl adjacent to an activating group) is 1. The van der Waals surface area contributed by atoms with Gasteiger partial charge in [-0.2, -0.15) is 0 Å². The van der Waals surface area contributed by atoms with Crippen molar-refractivity contribution >= 4 is 10.0 Å².